The number of rotatable bonds is 6. The van der Waals surface area contributed by atoms with Crippen LogP contribution >= 0.6 is 0 Å². The Morgan fingerprint density at radius 2 is 1.64 bits per heavy atom. The molecule has 6 heteroatoms. The smallest absolute Gasteiger partial charge is 0.322 e. The van der Waals surface area contributed by atoms with Gasteiger partial charge in [0.25, 0.3) is 0 Å². The molecule has 11 atom stereocenters. The molecule has 0 aromatic rings. The summed E-state index contributed by atoms with van der Waals surface area (Å²) in [5.41, 5.74) is 0.432. The second-order valence-corrected chi connectivity index (χ2v) is 12.7. The second-order valence-electron chi connectivity index (χ2n) is 12.7. The number of nitrogens with one attached hydrogen (secondary N) is 1. The Bertz CT molecular complexity index is 757. The molecule has 0 aromatic carbocycles. The van der Waals surface area contributed by atoms with Gasteiger partial charge in [0.05, 0.1) is 12.2 Å². The Hall–Kier alpha value is -1.14. The van der Waals surface area contributed by atoms with Gasteiger partial charge in [-0.15, -0.1) is 0 Å². The lowest BCUT2D eigenvalue weighted by Gasteiger charge is -2.62. The molecule has 188 valence electrons. The van der Waals surface area contributed by atoms with Crippen LogP contribution in [0.5, 0.6) is 0 Å². The van der Waals surface area contributed by atoms with Gasteiger partial charge in [-0.1, -0.05) is 27.7 Å². The van der Waals surface area contributed by atoms with Gasteiger partial charge in [-0.05, 0) is 104 Å². The van der Waals surface area contributed by atoms with Gasteiger partial charge >= 0.3 is 5.97 Å². The topological polar surface area (TPSA) is 107 Å². The number of carboxylic acids is 1. The van der Waals surface area contributed by atoms with Crippen molar-refractivity contribution in [3.63, 3.8) is 0 Å². The van der Waals surface area contributed by atoms with Crippen molar-refractivity contribution in [2.24, 2.45) is 52.3 Å². The first kappa shape index (κ1) is 25.0. The number of fused-ring (bicyclic) bond motifs is 5. The average Bonchev–Trinajstić information content (AvgIpc) is 3.10. The third-order valence-corrected chi connectivity index (χ3v) is 11.0. The summed E-state index contributed by atoms with van der Waals surface area (Å²) < 4.78 is 0. The molecule has 4 unspecified atom stereocenters. The van der Waals surface area contributed by atoms with Crippen LogP contribution in [0.1, 0.15) is 85.5 Å². The van der Waals surface area contributed by atoms with Crippen molar-refractivity contribution >= 4 is 11.9 Å². The Morgan fingerprint density at radius 3 is 2.33 bits per heavy atom. The molecule has 0 spiro atoms. The highest BCUT2D eigenvalue weighted by Crippen LogP contribution is 2.68. The van der Waals surface area contributed by atoms with Crippen LogP contribution in [0.15, 0.2) is 0 Å². The number of aliphatic carboxylic acids is 1. The molecule has 4 aliphatic rings. The van der Waals surface area contributed by atoms with E-state index in [1.807, 2.05) is 6.92 Å². The molecule has 0 aromatic heterocycles. The van der Waals surface area contributed by atoms with E-state index in [2.05, 4.69) is 26.1 Å². The molecule has 4 N–H and O–H groups in total. The first-order valence-corrected chi connectivity index (χ1v) is 13.3. The van der Waals surface area contributed by atoms with Gasteiger partial charge in [-0.2, -0.15) is 0 Å². The lowest BCUT2D eigenvalue weighted by Crippen LogP contribution is -2.58. The first-order chi connectivity index (χ1) is 15.5. The molecular formula is C27H45NO5. The lowest BCUT2D eigenvalue weighted by molar-refractivity contribution is -0.174. The molecule has 4 fully saturated rings. The predicted octanol–water partition coefficient (Wildman–Crippen LogP) is 3.84. The molecule has 33 heavy (non-hydrogen) atoms. The molecule has 0 aliphatic heterocycles. The quantitative estimate of drug-likeness (QED) is 0.479. The van der Waals surface area contributed by atoms with Gasteiger partial charge in [0.2, 0.25) is 5.91 Å². The predicted molar refractivity (Wildman–Crippen MR) is 126 cm³/mol. The molecule has 0 radical (unpaired) electrons. The van der Waals surface area contributed by atoms with Gasteiger partial charge in [0.1, 0.15) is 6.54 Å². The van der Waals surface area contributed by atoms with E-state index in [9.17, 15) is 19.8 Å². The zero-order chi connectivity index (χ0) is 24.1. The molecular weight excluding hydrogens is 418 g/mol. The Kier molecular flexibility index (Phi) is 6.92. The molecule has 6 nitrogen and oxygen atoms in total. The number of carbonyl (C=O) groups is 2. The van der Waals surface area contributed by atoms with Crippen molar-refractivity contribution in [1.29, 1.82) is 0 Å². The van der Waals surface area contributed by atoms with E-state index in [-0.39, 0.29) is 41.4 Å². The average molecular weight is 464 g/mol. The number of hydrogen-bond donors (Lipinski definition) is 4. The first-order valence-electron chi connectivity index (χ1n) is 13.3. The van der Waals surface area contributed by atoms with Gasteiger partial charge in [-0.25, -0.2) is 0 Å². The number of carbonyl (C=O) groups excluding carboxylic acids is 1. The van der Waals surface area contributed by atoms with Crippen LogP contribution < -0.4 is 5.32 Å². The van der Waals surface area contributed by atoms with Crippen molar-refractivity contribution in [1.82, 2.24) is 5.32 Å². The van der Waals surface area contributed by atoms with Crippen molar-refractivity contribution < 1.29 is 24.9 Å². The Morgan fingerprint density at radius 1 is 0.970 bits per heavy atom. The maximum absolute atomic E-state index is 12.4. The number of aliphatic hydroxyl groups is 2. The Balaban J connectivity index is 1.46. The van der Waals surface area contributed by atoms with E-state index < -0.39 is 5.97 Å². The van der Waals surface area contributed by atoms with E-state index in [1.54, 1.807) is 0 Å². The molecule has 1 amide bonds. The molecule has 0 bridgehead atoms. The zero-order valence-electron chi connectivity index (χ0n) is 20.9. The van der Waals surface area contributed by atoms with Gasteiger partial charge in [0.15, 0.2) is 0 Å². The highest BCUT2D eigenvalue weighted by Gasteiger charge is 2.62. The summed E-state index contributed by atoms with van der Waals surface area (Å²) >= 11 is 0. The van der Waals surface area contributed by atoms with Crippen molar-refractivity contribution in [2.45, 2.75) is 97.7 Å². The van der Waals surface area contributed by atoms with E-state index >= 15 is 0 Å². The fourth-order valence-corrected chi connectivity index (χ4v) is 9.34. The van der Waals surface area contributed by atoms with E-state index in [0.717, 1.165) is 51.4 Å². The third kappa shape index (κ3) is 4.35. The van der Waals surface area contributed by atoms with Crippen LogP contribution in [0.25, 0.3) is 0 Å². The van der Waals surface area contributed by atoms with Crippen LogP contribution in [-0.4, -0.2) is 45.9 Å². The molecule has 0 heterocycles. The van der Waals surface area contributed by atoms with Gasteiger partial charge in [-0.3, -0.25) is 9.59 Å². The van der Waals surface area contributed by atoms with Crippen LogP contribution in [0, 0.1) is 52.3 Å². The van der Waals surface area contributed by atoms with Crippen LogP contribution in [0.4, 0.5) is 0 Å². The van der Waals surface area contributed by atoms with E-state index in [1.165, 1.54) is 6.42 Å². The SMILES string of the molecule is C[C@H](C[C@H](C)C(=O)NCC(=O)O)[C@H]1CCC2C3C(CC[C@@]21C)[C@@]1(C)CC[C@@H](O)CC1C[C@@H]3O. The zero-order valence-corrected chi connectivity index (χ0v) is 20.9. The summed E-state index contributed by atoms with van der Waals surface area (Å²) in [6.07, 6.45) is 8.63. The highest BCUT2D eigenvalue weighted by atomic mass is 16.4. The molecule has 0 saturated heterocycles. The molecule has 4 aliphatic carbocycles. The fraction of sp³-hybridized carbons (Fsp3) is 0.926. The number of carboxylic acid groups (broad SMARTS) is 1. The van der Waals surface area contributed by atoms with Gasteiger partial charge in [0, 0.05) is 5.92 Å². The third-order valence-electron chi connectivity index (χ3n) is 11.0. The standard InChI is InChI=1S/C27H45NO5/c1-15(11-16(2)25(33)28-14-23(31)32)19-5-6-20-24-21(8-10-27(19,20)4)26(3)9-7-18(29)12-17(26)13-22(24)30/h15-22,24,29-30H,5-14H2,1-4H3,(H,28,33)(H,31,32)/t15-,16+,17?,18-,19-,20?,21?,22+,24?,26+,27-/m1/s1. The maximum atomic E-state index is 12.4. The minimum absolute atomic E-state index is 0.172. The Labute approximate surface area is 198 Å². The van der Waals surface area contributed by atoms with Crippen LogP contribution in [-0.2, 0) is 9.59 Å². The summed E-state index contributed by atoms with van der Waals surface area (Å²) in [4.78, 5) is 23.1. The summed E-state index contributed by atoms with van der Waals surface area (Å²) in [5.74, 6) is 1.39. The summed E-state index contributed by atoms with van der Waals surface area (Å²) in [7, 11) is 0. The molecule has 4 saturated carbocycles. The van der Waals surface area contributed by atoms with Crippen LogP contribution in [0.3, 0.4) is 0 Å². The monoisotopic (exact) mass is 463 g/mol. The number of hydrogen-bond acceptors (Lipinski definition) is 4. The number of aliphatic hydroxyl groups excluding tert-OH is 2. The lowest BCUT2D eigenvalue weighted by atomic mass is 9.43. The van der Waals surface area contributed by atoms with Crippen LogP contribution in [0.2, 0.25) is 0 Å². The molecule has 4 rings (SSSR count). The fourth-order valence-electron chi connectivity index (χ4n) is 9.34. The highest BCUT2D eigenvalue weighted by molar-refractivity contribution is 5.82. The van der Waals surface area contributed by atoms with Crippen molar-refractivity contribution in [2.75, 3.05) is 6.54 Å². The van der Waals surface area contributed by atoms with Crippen molar-refractivity contribution in [3.8, 4) is 0 Å². The van der Waals surface area contributed by atoms with Gasteiger partial charge < -0.3 is 20.6 Å². The summed E-state index contributed by atoms with van der Waals surface area (Å²) in [5, 5.41) is 33.0. The summed E-state index contributed by atoms with van der Waals surface area (Å²) in [6, 6.07) is 0. The van der Waals surface area contributed by atoms with Crippen molar-refractivity contribution in [3.05, 3.63) is 0 Å². The second kappa shape index (κ2) is 9.14. The maximum Gasteiger partial charge on any atom is 0.322 e. The largest absolute Gasteiger partial charge is 0.480 e. The van der Waals surface area contributed by atoms with E-state index in [4.69, 9.17) is 5.11 Å². The van der Waals surface area contributed by atoms with E-state index in [0.29, 0.717) is 35.5 Å². The summed E-state index contributed by atoms with van der Waals surface area (Å²) in [6.45, 7) is 8.75. The number of amides is 1. The minimum Gasteiger partial charge on any atom is -0.480 e. The normalized spacial score (nSPS) is 46.4. The minimum atomic E-state index is -1.01.